The van der Waals surface area contributed by atoms with E-state index in [1.54, 1.807) is 0 Å². The first-order chi connectivity index (χ1) is 9.63. The van der Waals surface area contributed by atoms with Crippen LogP contribution in [0.2, 0.25) is 0 Å². The maximum atomic E-state index is 10.1. The average molecular weight is 298 g/mol. The molecule has 1 aliphatic rings. The molecule has 9 nitrogen and oxygen atoms in total. The molecule has 3 heterocycles. The van der Waals surface area contributed by atoms with Gasteiger partial charge < -0.3 is 20.7 Å². The number of rotatable bonds is 3. The lowest BCUT2D eigenvalue weighted by molar-refractivity contribution is -0.0372. The zero-order valence-corrected chi connectivity index (χ0v) is 11.4. The first kappa shape index (κ1) is 13.5. The van der Waals surface area contributed by atoms with Gasteiger partial charge in [0, 0.05) is 5.75 Å². The summed E-state index contributed by atoms with van der Waals surface area (Å²) < 4.78 is 6.98. The summed E-state index contributed by atoms with van der Waals surface area (Å²) in [6, 6.07) is 0. The Hall–Kier alpha value is -1.49. The van der Waals surface area contributed by atoms with Crippen LogP contribution in [0.25, 0.3) is 11.2 Å². The van der Waals surface area contributed by atoms with Crippen molar-refractivity contribution in [3.05, 3.63) is 6.33 Å². The Morgan fingerprint density at radius 1 is 1.40 bits per heavy atom. The largest absolute Gasteiger partial charge is 0.387 e. The summed E-state index contributed by atoms with van der Waals surface area (Å²) in [4.78, 5) is 7.87. The number of nitrogen functional groups attached to an aromatic ring is 1. The number of hydrogen-bond acceptors (Lipinski definition) is 9. The van der Waals surface area contributed by atoms with Crippen molar-refractivity contribution in [3.8, 4) is 0 Å². The van der Waals surface area contributed by atoms with Gasteiger partial charge in [-0.1, -0.05) is 5.21 Å². The third kappa shape index (κ3) is 2.00. The number of aliphatic hydroxyl groups excluding tert-OH is 2. The van der Waals surface area contributed by atoms with E-state index in [9.17, 15) is 10.2 Å². The number of nitrogens with zero attached hydrogens (tertiary/aromatic N) is 5. The molecule has 4 N–H and O–H groups in total. The normalized spacial score (nSPS) is 30.1. The van der Waals surface area contributed by atoms with Crippen molar-refractivity contribution in [2.45, 2.75) is 24.5 Å². The molecule has 4 unspecified atom stereocenters. The summed E-state index contributed by atoms with van der Waals surface area (Å²) >= 11 is 1.52. The van der Waals surface area contributed by atoms with Gasteiger partial charge in [0.2, 0.25) is 0 Å². The minimum absolute atomic E-state index is 0.204. The van der Waals surface area contributed by atoms with Crippen molar-refractivity contribution >= 4 is 28.7 Å². The quantitative estimate of drug-likeness (QED) is 0.638. The lowest BCUT2D eigenvalue weighted by atomic mass is 10.1. The van der Waals surface area contributed by atoms with Crippen LogP contribution in [0.3, 0.4) is 0 Å². The van der Waals surface area contributed by atoms with E-state index in [0.717, 1.165) is 0 Å². The fraction of sp³-hybridized carbons (Fsp3) is 0.600. The van der Waals surface area contributed by atoms with Crippen molar-refractivity contribution in [2.24, 2.45) is 0 Å². The predicted molar refractivity (Wildman–Crippen MR) is 71.8 cm³/mol. The minimum atomic E-state index is -1.10. The Bertz CT molecular complexity index is 622. The molecule has 2 aromatic rings. The van der Waals surface area contributed by atoms with Crippen molar-refractivity contribution in [1.82, 2.24) is 25.0 Å². The Balaban J connectivity index is 1.97. The van der Waals surface area contributed by atoms with Gasteiger partial charge in [-0.05, 0) is 6.26 Å². The lowest BCUT2D eigenvalue weighted by Gasteiger charge is -2.14. The standard InChI is InChI=1S/C10H14N6O3S/c1-20-2-4-6(17)7(18)10(19-4)16-9-5(14-15-16)8(11)12-3-13-9/h3-4,6-7,10,17-18H,2H2,1H3,(H2,11,12,13). The van der Waals surface area contributed by atoms with Crippen LogP contribution in [0.4, 0.5) is 5.82 Å². The van der Waals surface area contributed by atoms with E-state index in [1.807, 2.05) is 6.26 Å². The predicted octanol–water partition coefficient (Wildman–Crippen LogP) is -1.21. The molecule has 4 atom stereocenters. The van der Waals surface area contributed by atoms with E-state index >= 15 is 0 Å². The summed E-state index contributed by atoms with van der Waals surface area (Å²) in [7, 11) is 0. The average Bonchev–Trinajstić information content (AvgIpc) is 2.97. The molecule has 1 fully saturated rings. The number of anilines is 1. The van der Waals surface area contributed by atoms with E-state index in [4.69, 9.17) is 10.5 Å². The fourth-order valence-corrected chi connectivity index (χ4v) is 2.79. The van der Waals surface area contributed by atoms with E-state index in [1.165, 1.54) is 22.8 Å². The van der Waals surface area contributed by atoms with Crippen LogP contribution in [0.1, 0.15) is 6.23 Å². The summed E-state index contributed by atoms with van der Waals surface area (Å²) in [6.45, 7) is 0. The number of thioether (sulfide) groups is 1. The minimum Gasteiger partial charge on any atom is -0.387 e. The van der Waals surface area contributed by atoms with Crippen LogP contribution in [-0.4, -0.2) is 65.5 Å². The molecule has 0 saturated carbocycles. The van der Waals surface area contributed by atoms with E-state index in [-0.39, 0.29) is 5.82 Å². The van der Waals surface area contributed by atoms with Crippen molar-refractivity contribution in [3.63, 3.8) is 0 Å². The maximum Gasteiger partial charge on any atom is 0.186 e. The smallest absolute Gasteiger partial charge is 0.186 e. The Labute approximate surface area is 118 Å². The van der Waals surface area contributed by atoms with Crippen LogP contribution in [0.5, 0.6) is 0 Å². The summed E-state index contributed by atoms with van der Waals surface area (Å²) in [6.07, 6.45) is -0.215. The van der Waals surface area contributed by atoms with Gasteiger partial charge in [-0.15, -0.1) is 5.10 Å². The van der Waals surface area contributed by atoms with Gasteiger partial charge in [0.05, 0.1) is 6.10 Å². The van der Waals surface area contributed by atoms with Crippen LogP contribution < -0.4 is 5.73 Å². The highest BCUT2D eigenvalue weighted by atomic mass is 32.2. The number of ether oxygens (including phenoxy) is 1. The Morgan fingerprint density at radius 3 is 2.95 bits per heavy atom. The third-order valence-electron chi connectivity index (χ3n) is 3.20. The van der Waals surface area contributed by atoms with Crippen LogP contribution >= 0.6 is 11.8 Å². The molecule has 0 bridgehead atoms. The highest BCUT2D eigenvalue weighted by Crippen LogP contribution is 2.32. The van der Waals surface area contributed by atoms with E-state index in [0.29, 0.717) is 16.9 Å². The number of nitrogens with two attached hydrogens (primary N) is 1. The molecule has 20 heavy (non-hydrogen) atoms. The summed E-state index contributed by atoms with van der Waals surface area (Å²) in [5.41, 5.74) is 6.38. The molecule has 2 aromatic heterocycles. The van der Waals surface area contributed by atoms with Gasteiger partial charge in [-0.2, -0.15) is 16.4 Å². The third-order valence-corrected chi connectivity index (χ3v) is 3.86. The molecular formula is C10H14N6O3S. The van der Waals surface area contributed by atoms with Gasteiger partial charge in [0.25, 0.3) is 0 Å². The van der Waals surface area contributed by atoms with Gasteiger partial charge in [0.1, 0.15) is 18.5 Å². The molecule has 3 rings (SSSR count). The monoisotopic (exact) mass is 298 g/mol. The molecule has 1 aliphatic heterocycles. The molecule has 108 valence electrons. The molecule has 1 saturated heterocycles. The first-order valence-electron chi connectivity index (χ1n) is 5.95. The topological polar surface area (TPSA) is 132 Å². The maximum absolute atomic E-state index is 10.1. The SMILES string of the molecule is CSCC1OC(n2nnc3c(N)ncnc32)C(O)C1O. The highest BCUT2D eigenvalue weighted by molar-refractivity contribution is 7.98. The summed E-state index contributed by atoms with van der Waals surface area (Å²) in [5.74, 6) is 0.772. The first-order valence-corrected chi connectivity index (χ1v) is 7.34. The second kappa shape index (κ2) is 5.13. The van der Waals surface area contributed by atoms with E-state index < -0.39 is 24.5 Å². The molecule has 10 heteroatoms. The van der Waals surface area contributed by atoms with Crippen LogP contribution in [0.15, 0.2) is 6.33 Å². The molecule has 0 spiro atoms. The second-order valence-corrected chi connectivity index (χ2v) is 5.38. The lowest BCUT2D eigenvalue weighted by Crippen LogP contribution is -2.32. The van der Waals surface area contributed by atoms with E-state index in [2.05, 4.69) is 20.3 Å². The van der Waals surface area contributed by atoms with Crippen molar-refractivity contribution in [2.75, 3.05) is 17.7 Å². The molecule has 0 aromatic carbocycles. The number of hydrogen-bond donors (Lipinski definition) is 3. The zero-order valence-electron chi connectivity index (χ0n) is 10.6. The van der Waals surface area contributed by atoms with Gasteiger partial charge >= 0.3 is 0 Å². The molecule has 0 radical (unpaired) electrons. The Morgan fingerprint density at radius 2 is 2.20 bits per heavy atom. The van der Waals surface area contributed by atoms with Crippen LogP contribution in [-0.2, 0) is 4.74 Å². The molecule has 0 aliphatic carbocycles. The Kier molecular flexibility index (Phi) is 3.46. The van der Waals surface area contributed by atoms with Crippen molar-refractivity contribution in [1.29, 1.82) is 0 Å². The second-order valence-electron chi connectivity index (χ2n) is 4.47. The molecule has 0 amide bonds. The number of aliphatic hydroxyl groups is 2. The zero-order chi connectivity index (χ0) is 14.3. The van der Waals surface area contributed by atoms with Gasteiger partial charge in [-0.25, -0.2) is 9.97 Å². The highest BCUT2D eigenvalue weighted by Gasteiger charge is 2.44. The number of aromatic nitrogens is 5. The van der Waals surface area contributed by atoms with Crippen molar-refractivity contribution < 1.29 is 14.9 Å². The fourth-order valence-electron chi connectivity index (χ4n) is 2.19. The van der Waals surface area contributed by atoms with Gasteiger partial charge in [0.15, 0.2) is 23.2 Å². The van der Waals surface area contributed by atoms with Crippen LogP contribution in [0, 0.1) is 0 Å². The van der Waals surface area contributed by atoms with Gasteiger partial charge in [-0.3, -0.25) is 0 Å². The molecular weight excluding hydrogens is 284 g/mol. The summed E-state index contributed by atoms with van der Waals surface area (Å²) in [5, 5.41) is 27.9. The number of fused-ring (bicyclic) bond motifs is 1.